The van der Waals surface area contributed by atoms with Crippen molar-refractivity contribution in [3.8, 4) is 5.75 Å². The molecule has 1 heterocycles. The molecule has 0 saturated carbocycles. The number of nitrogens with zero attached hydrogens (tertiary/aromatic N) is 1. The number of carbonyl (C=O) groups excluding carboxylic acids is 2. The van der Waals surface area contributed by atoms with Gasteiger partial charge in [0.2, 0.25) is 11.8 Å². The second kappa shape index (κ2) is 8.36. The van der Waals surface area contributed by atoms with Crippen molar-refractivity contribution in [3.63, 3.8) is 0 Å². The van der Waals surface area contributed by atoms with Crippen molar-refractivity contribution in [2.75, 3.05) is 25.1 Å². The smallest absolute Gasteiger partial charge is 0.239 e. The lowest BCUT2D eigenvalue weighted by molar-refractivity contribution is -0.132. The number of rotatable bonds is 6. The van der Waals surface area contributed by atoms with Crippen molar-refractivity contribution in [1.82, 2.24) is 5.32 Å². The van der Waals surface area contributed by atoms with Crippen LogP contribution in [0.2, 0.25) is 0 Å². The number of anilines is 1. The normalized spacial score (nSPS) is 16.6. The zero-order valence-corrected chi connectivity index (χ0v) is 16.2. The van der Waals surface area contributed by atoms with E-state index in [1.54, 1.807) is 12.0 Å². The van der Waals surface area contributed by atoms with Gasteiger partial charge in [-0.15, -0.1) is 0 Å². The molecule has 3 rings (SSSR count). The van der Waals surface area contributed by atoms with Crippen LogP contribution in [0.4, 0.5) is 5.69 Å². The van der Waals surface area contributed by atoms with Gasteiger partial charge >= 0.3 is 0 Å². The lowest BCUT2D eigenvalue weighted by Crippen LogP contribution is -2.37. The largest absolute Gasteiger partial charge is 0.496 e. The summed E-state index contributed by atoms with van der Waals surface area (Å²) in [5.74, 6) is -0.161. The summed E-state index contributed by atoms with van der Waals surface area (Å²) in [6.07, 6.45) is 1.19. The molecule has 0 bridgehead atoms. The predicted molar refractivity (Wildman–Crippen MR) is 104 cm³/mol. The van der Waals surface area contributed by atoms with Crippen molar-refractivity contribution in [3.05, 3.63) is 58.6 Å². The minimum absolute atomic E-state index is 0.141. The summed E-state index contributed by atoms with van der Waals surface area (Å²) in [6.45, 7) is 1.03. The van der Waals surface area contributed by atoms with Crippen LogP contribution >= 0.6 is 15.9 Å². The Hall–Kier alpha value is -2.34. The Labute approximate surface area is 161 Å². The highest BCUT2D eigenvalue weighted by Crippen LogP contribution is 2.27. The predicted octanol–water partition coefficient (Wildman–Crippen LogP) is 3.17. The maximum Gasteiger partial charge on any atom is 0.239 e. The minimum atomic E-state index is -0.619. The van der Waals surface area contributed by atoms with Crippen LogP contribution < -0.4 is 15.0 Å². The van der Waals surface area contributed by atoms with Crippen molar-refractivity contribution in [2.45, 2.75) is 12.8 Å². The Morgan fingerprint density at radius 2 is 2.08 bits per heavy atom. The maximum absolute atomic E-state index is 12.6. The van der Waals surface area contributed by atoms with Gasteiger partial charge in [0.1, 0.15) is 11.7 Å². The van der Waals surface area contributed by atoms with Gasteiger partial charge in [-0.25, -0.2) is 0 Å². The summed E-state index contributed by atoms with van der Waals surface area (Å²) in [6, 6.07) is 15.3. The van der Waals surface area contributed by atoms with Crippen LogP contribution in [0.25, 0.3) is 0 Å². The first kappa shape index (κ1) is 18.5. The SMILES string of the molecule is COc1ccccc1CCNC(=O)C1CCN(c2cccc(Br)c2)C1=O. The Morgan fingerprint density at radius 3 is 2.85 bits per heavy atom. The molecule has 2 amide bonds. The third-order valence-electron chi connectivity index (χ3n) is 4.53. The Kier molecular flexibility index (Phi) is 5.93. The zero-order chi connectivity index (χ0) is 18.5. The molecular formula is C20H21BrN2O3. The number of halogens is 1. The summed E-state index contributed by atoms with van der Waals surface area (Å²) in [5, 5.41) is 2.89. The number of methoxy groups -OCH3 is 1. The third-order valence-corrected chi connectivity index (χ3v) is 5.02. The monoisotopic (exact) mass is 416 g/mol. The number of hydrogen-bond donors (Lipinski definition) is 1. The van der Waals surface area contributed by atoms with Gasteiger partial charge in [0.05, 0.1) is 7.11 Å². The number of benzene rings is 2. The molecule has 0 spiro atoms. The molecule has 1 saturated heterocycles. The molecule has 6 heteroatoms. The van der Waals surface area contributed by atoms with Crippen LogP contribution in [0.15, 0.2) is 53.0 Å². The quantitative estimate of drug-likeness (QED) is 0.735. The van der Waals surface area contributed by atoms with E-state index in [1.807, 2.05) is 48.5 Å². The van der Waals surface area contributed by atoms with Gasteiger partial charge in [-0.1, -0.05) is 40.2 Å². The van der Waals surface area contributed by atoms with E-state index >= 15 is 0 Å². The standard InChI is InChI=1S/C20H21BrN2O3/c1-26-18-8-3-2-5-14(18)9-11-22-19(24)17-10-12-23(20(17)25)16-7-4-6-15(21)13-16/h2-8,13,17H,9-12H2,1H3,(H,22,24). The van der Waals surface area contributed by atoms with Crippen LogP contribution in [0.3, 0.4) is 0 Å². The van der Waals surface area contributed by atoms with Crippen LogP contribution in [0.1, 0.15) is 12.0 Å². The van der Waals surface area contributed by atoms with Crippen molar-refractivity contribution < 1.29 is 14.3 Å². The molecule has 5 nitrogen and oxygen atoms in total. The average Bonchev–Trinajstić information content (AvgIpc) is 3.03. The number of carbonyl (C=O) groups is 2. The number of amides is 2. The molecule has 0 radical (unpaired) electrons. The van der Waals surface area contributed by atoms with Gasteiger partial charge in [0.25, 0.3) is 0 Å². The lowest BCUT2D eigenvalue weighted by atomic mass is 10.1. The third kappa shape index (κ3) is 4.07. The first-order chi connectivity index (χ1) is 12.6. The molecular weight excluding hydrogens is 396 g/mol. The van der Waals surface area contributed by atoms with E-state index in [4.69, 9.17) is 4.74 Å². The van der Waals surface area contributed by atoms with Crippen molar-refractivity contribution in [1.29, 1.82) is 0 Å². The van der Waals surface area contributed by atoms with E-state index < -0.39 is 5.92 Å². The first-order valence-corrected chi connectivity index (χ1v) is 9.36. The minimum Gasteiger partial charge on any atom is -0.496 e. The van der Waals surface area contributed by atoms with E-state index in [2.05, 4.69) is 21.2 Å². The lowest BCUT2D eigenvalue weighted by Gasteiger charge is -2.17. The molecule has 1 N–H and O–H groups in total. The van der Waals surface area contributed by atoms with Gasteiger partial charge in [0.15, 0.2) is 0 Å². The van der Waals surface area contributed by atoms with Crippen molar-refractivity contribution >= 4 is 33.4 Å². The second-order valence-electron chi connectivity index (χ2n) is 6.16. The second-order valence-corrected chi connectivity index (χ2v) is 7.08. The molecule has 1 fully saturated rings. The fourth-order valence-electron chi connectivity index (χ4n) is 3.18. The van der Waals surface area contributed by atoms with E-state index in [1.165, 1.54) is 0 Å². The first-order valence-electron chi connectivity index (χ1n) is 8.56. The highest BCUT2D eigenvalue weighted by molar-refractivity contribution is 9.10. The highest BCUT2D eigenvalue weighted by Gasteiger charge is 2.37. The highest BCUT2D eigenvalue weighted by atomic mass is 79.9. The van der Waals surface area contributed by atoms with Crippen LogP contribution in [0.5, 0.6) is 5.75 Å². The molecule has 2 aromatic carbocycles. The topological polar surface area (TPSA) is 58.6 Å². The van der Waals surface area contributed by atoms with E-state index in [9.17, 15) is 9.59 Å². The fraction of sp³-hybridized carbons (Fsp3) is 0.300. The van der Waals surface area contributed by atoms with E-state index in [0.717, 1.165) is 21.5 Å². The molecule has 1 aliphatic rings. The number of ether oxygens (including phenoxy) is 1. The number of para-hydroxylation sites is 1. The molecule has 0 aliphatic carbocycles. The molecule has 136 valence electrons. The van der Waals surface area contributed by atoms with Gasteiger partial charge in [-0.05, 0) is 42.7 Å². The Bertz CT molecular complexity index is 809. The summed E-state index contributed by atoms with van der Waals surface area (Å²) in [5.41, 5.74) is 1.84. The van der Waals surface area contributed by atoms with E-state index in [0.29, 0.717) is 25.9 Å². The molecule has 1 atom stereocenters. The van der Waals surface area contributed by atoms with Crippen LogP contribution in [0, 0.1) is 5.92 Å². The van der Waals surface area contributed by atoms with Crippen molar-refractivity contribution in [2.24, 2.45) is 5.92 Å². The van der Waals surface area contributed by atoms with E-state index in [-0.39, 0.29) is 11.8 Å². The molecule has 0 aromatic heterocycles. The van der Waals surface area contributed by atoms with Gasteiger partial charge in [0, 0.05) is 23.2 Å². The molecule has 2 aromatic rings. The van der Waals surface area contributed by atoms with Gasteiger partial charge in [-0.2, -0.15) is 0 Å². The van der Waals surface area contributed by atoms with Gasteiger partial charge in [-0.3, -0.25) is 9.59 Å². The summed E-state index contributed by atoms with van der Waals surface area (Å²) in [4.78, 5) is 26.7. The molecule has 1 unspecified atom stereocenters. The van der Waals surface area contributed by atoms with Crippen LogP contribution in [-0.2, 0) is 16.0 Å². The average molecular weight is 417 g/mol. The summed E-state index contributed by atoms with van der Waals surface area (Å²) in [7, 11) is 1.63. The fourth-order valence-corrected chi connectivity index (χ4v) is 3.56. The molecule has 1 aliphatic heterocycles. The zero-order valence-electron chi connectivity index (χ0n) is 14.6. The Morgan fingerprint density at radius 1 is 1.27 bits per heavy atom. The van der Waals surface area contributed by atoms with Gasteiger partial charge < -0.3 is 15.0 Å². The number of nitrogens with one attached hydrogen (secondary N) is 1. The maximum atomic E-state index is 12.6. The molecule has 26 heavy (non-hydrogen) atoms. The number of hydrogen-bond acceptors (Lipinski definition) is 3. The summed E-state index contributed by atoms with van der Waals surface area (Å²) >= 11 is 3.41. The Balaban J connectivity index is 1.56. The summed E-state index contributed by atoms with van der Waals surface area (Å²) < 4.78 is 6.22. The van der Waals surface area contributed by atoms with Crippen LogP contribution in [-0.4, -0.2) is 32.0 Å².